The standard InChI is InChI=1S/C18H19ClN4OS3/c1-22(18(12-20)9-3-2-4-10-18)15(24)11-26-16-21-23(17(25)27-16)14-7-5-13(19)6-8-14/h5-8H,2-4,9-11H2,1H3. The Morgan fingerprint density at radius 1 is 1.41 bits per heavy atom. The largest absolute Gasteiger partial charge is 0.326 e. The highest BCUT2D eigenvalue weighted by molar-refractivity contribution is 8.01. The van der Waals surface area contributed by atoms with Crippen LogP contribution >= 0.6 is 46.9 Å². The second-order valence-electron chi connectivity index (χ2n) is 6.47. The quantitative estimate of drug-likeness (QED) is 0.480. The van der Waals surface area contributed by atoms with Crippen LogP contribution in [0.25, 0.3) is 5.69 Å². The molecular formula is C18H19ClN4OS3. The Bertz CT molecular complexity index is 910. The van der Waals surface area contributed by atoms with Crippen LogP contribution in [0.2, 0.25) is 5.02 Å². The summed E-state index contributed by atoms with van der Waals surface area (Å²) in [5, 5.41) is 14.8. The average molecular weight is 439 g/mol. The summed E-state index contributed by atoms with van der Waals surface area (Å²) in [4.78, 5) is 14.3. The van der Waals surface area contributed by atoms with Crippen molar-refractivity contribution in [1.82, 2.24) is 14.7 Å². The first-order valence-corrected chi connectivity index (χ1v) is 11.2. The molecular weight excluding hydrogens is 420 g/mol. The number of hydrogen-bond donors (Lipinski definition) is 0. The maximum absolute atomic E-state index is 12.7. The van der Waals surface area contributed by atoms with Crippen molar-refractivity contribution < 1.29 is 4.79 Å². The lowest BCUT2D eigenvalue weighted by Gasteiger charge is -2.38. The van der Waals surface area contributed by atoms with Crippen LogP contribution in [-0.4, -0.2) is 38.9 Å². The monoisotopic (exact) mass is 438 g/mol. The number of benzene rings is 1. The maximum Gasteiger partial charge on any atom is 0.234 e. The highest BCUT2D eigenvalue weighted by Gasteiger charge is 2.38. The van der Waals surface area contributed by atoms with Crippen LogP contribution in [0.5, 0.6) is 0 Å². The lowest BCUT2D eigenvalue weighted by atomic mass is 9.81. The molecule has 3 rings (SSSR count). The zero-order valence-corrected chi connectivity index (χ0v) is 18.1. The molecule has 1 aromatic carbocycles. The van der Waals surface area contributed by atoms with Crippen LogP contribution in [0.4, 0.5) is 0 Å². The molecule has 9 heteroatoms. The zero-order chi connectivity index (χ0) is 19.4. The summed E-state index contributed by atoms with van der Waals surface area (Å²) in [5.74, 6) is 0.186. The fraction of sp³-hybridized carbons (Fsp3) is 0.444. The summed E-state index contributed by atoms with van der Waals surface area (Å²) in [7, 11) is 1.74. The molecule has 0 bridgehead atoms. The Balaban J connectivity index is 1.67. The second kappa shape index (κ2) is 8.74. The highest BCUT2D eigenvalue weighted by Crippen LogP contribution is 2.33. The van der Waals surface area contributed by atoms with Gasteiger partial charge in [-0.05, 0) is 49.3 Å². The summed E-state index contributed by atoms with van der Waals surface area (Å²) in [6.45, 7) is 0. The fourth-order valence-corrected chi connectivity index (χ4v) is 5.58. The normalized spacial score (nSPS) is 15.9. The molecule has 27 heavy (non-hydrogen) atoms. The molecule has 1 amide bonds. The molecule has 1 aliphatic rings. The minimum atomic E-state index is -0.662. The summed E-state index contributed by atoms with van der Waals surface area (Å²) < 4.78 is 3.01. The molecule has 1 fully saturated rings. The van der Waals surface area contributed by atoms with Gasteiger partial charge in [0.15, 0.2) is 8.29 Å². The average Bonchev–Trinajstić information content (AvgIpc) is 3.07. The van der Waals surface area contributed by atoms with E-state index in [1.54, 1.807) is 28.8 Å². The molecule has 0 saturated heterocycles. The number of halogens is 1. The molecule has 0 N–H and O–H groups in total. The number of nitriles is 1. The summed E-state index contributed by atoms with van der Waals surface area (Å²) in [6.07, 6.45) is 4.61. The van der Waals surface area contributed by atoms with E-state index in [2.05, 4.69) is 11.2 Å². The van der Waals surface area contributed by atoms with Gasteiger partial charge in [-0.2, -0.15) is 5.26 Å². The van der Waals surface area contributed by atoms with Gasteiger partial charge < -0.3 is 4.90 Å². The van der Waals surface area contributed by atoms with E-state index in [9.17, 15) is 10.1 Å². The van der Waals surface area contributed by atoms with Crippen LogP contribution in [0.3, 0.4) is 0 Å². The SMILES string of the molecule is CN(C(=O)CSc1nn(-c2ccc(Cl)cc2)c(=S)s1)C1(C#N)CCCCC1. The lowest BCUT2D eigenvalue weighted by Crippen LogP contribution is -2.50. The highest BCUT2D eigenvalue weighted by atomic mass is 35.5. The van der Waals surface area contributed by atoms with Crippen molar-refractivity contribution in [2.75, 3.05) is 12.8 Å². The van der Waals surface area contributed by atoms with Gasteiger partial charge in [-0.15, -0.1) is 5.10 Å². The molecule has 0 unspecified atom stereocenters. The number of amides is 1. The third kappa shape index (κ3) is 4.54. The third-order valence-corrected chi connectivity index (χ3v) is 7.43. The van der Waals surface area contributed by atoms with Crippen molar-refractivity contribution in [3.63, 3.8) is 0 Å². The van der Waals surface area contributed by atoms with E-state index >= 15 is 0 Å². The lowest BCUT2D eigenvalue weighted by molar-refractivity contribution is -0.131. The van der Waals surface area contributed by atoms with Gasteiger partial charge in [-0.3, -0.25) is 4.79 Å². The third-order valence-electron chi connectivity index (χ3n) is 4.82. The molecule has 1 aromatic heterocycles. The van der Waals surface area contributed by atoms with E-state index in [4.69, 9.17) is 23.8 Å². The minimum Gasteiger partial charge on any atom is -0.326 e. The number of nitrogens with zero attached hydrogens (tertiary/aromatic N) is 4. The van der Waals surface area contributed by atoms with Crippen molar-refractivity contribution >= 4 is 52.8 Å². The smallest absolute Gasteiger partial charge is 0.234 e. The predicted molar refractivity (Wildman–Crippen MR) is 112 cm³/mol. The Hall–Kier alpha value is -1.40. The zero-order valence-electron chi connectivity index (χ0n) is 14.9. The molecule has 0 spiro atoms. The number of aromatic nitrogens is 2. The fourth-order valence-electron chi connectivity index (χ4n) is 3.18. The first-order valence-electron chi connectivity index (χ1n) is 8.62. The molecule has 1 aliphatic carbocycles. The van der Waals surface area contributed by atoms with Crippen LogP contribution in [0.1, 0.15) is 32.1 Å². The molecule has 2 aromatic rings. The second-order valence-corrected chi connectivity index (χ2v) is 9.75. The Kier molecular flexibility index (Phi) is 6.58. The van der Waals surface area contributed by atoms with Crippen molar-refractivity contribution in [2.24, 2.45) is 0 Å². The maximum atomic E-state index is 12.7. The predicted octanol–water partition coefficient (Wildman–Crippen LogP) is 5.09. The first-order chi connectivity index (χ1) is 12.9. The first kappa shape index (κ1) is 20.3. The van der Waals surface area contributed by atoms with E-state index in [1.165, 1.54) is 23.1 Å². The molecule has 1 saturated carbocycles. The molecule has 5 nitrogen and oxygen atoms in total. The van der Waals surface area contributed by atoms with Gasteiger partial charge in [-0.25, -0.2) is 4.68 Å². The minimum absolute atomic E-state index is 0.0531. The van der Waals surface area contributed by atoms with Gasteiger partial charge in [-0.1, -0.05) is 54.0 Å². The van der Waals surface area contributed by atoms with Gasteiger partial charge in [0.05, 0.1) is 17.5 Å². The van der Waals surface area contributed by atoms with Crippen molar-refractivity contribution in [2.45, 2.75) is 42.0 Å². The Labute approximate surface area is 176 Å². The number of carbonyl (C=O) groups excluding carboxylic acids is 1. The summed E-state index contributed by atoms with van der Waals surface area (Å²) >= 11 is 14.0. The van der Waals surface area contributed by atoms with Crippen LogP contribution in [0, 0.1) is 15.3 Å². The molecule has 0 atom stereocenters. The number of thioether (sulfide) groups is 1. The molecule has 142 valence electrons. The topological polar surface area (TPSA) is 61.9 Å². The molecule has 1 heterocycles. The van der Waals surface area contributed by atoms with E-state index < -0.39 is 5.54 Å². The Morgan fingerprint density at radius 3 is 2.70 bits per heavy atom. The number of hydrogen-bond acceptors (Lipinski definition) is 6. The van der Waals surface area contributed by atoms with Crippen LogP contribution < -0.4 is 0 Å². The Morgan fingerprint density at radius 2 is 2.07 bits per heavy atom. The van der Waals surface area contributed by atoms with Gasteiger partial charge in [0, 0.05) is 12.1 Å². The number of carbonyl (C=O) groups is 1. The van der Waals surface area contributed by atoms with E-state index in [-0.39, 0.29) is 11.7 Å². The molecule has 0 aliphatic heterocycles. The summed E-state index contributed by atoms with van der Waals surface area (Å²) in [5.41, 5.74) is 0.173. The summed E-state index contributed by atoms with van der Waals surface area (Å²) in [6, 6.07) is 9.66. The number of rotatable bonds is 5. The van der Waals surface area contributed by atoms with Crippen molar-refractivity contribution in [3.05, 3.63) is 33.2 Å². The van der Waals surface area contributed by atoms with E-state index in [1.807, 2.05) is 12.1 Å². The van der Waals surface area contributed by atoms with Crippen LogP contribution in [-0.2, 0) is 4.79 Å². The molecule has 0 radical (unpaired) electrons. The van der Waals surface area contributed by atoms with Crippen molar-refractivity contribution in [3.8, 4) is 11.8 Å². The van der Waals surface area contributed by atoms with Crippen LogP contribution in [0.15, 0.2) is 28.6 Å². The van der Waals surface area contributed by atoms with E-state index in [0.29, 0.717) is 8.98 Å². The van der Waals surface area contributed by atoms with Gasteiger partial charge >= 0.3 is 0 Å². The van der Waals surface area contributed by atoms with Gasteiger partial charge in [0.25, 0.3) is 0 Å². The van der Waals surface area contributed by atoms with E-state index in [0.717, 1.165) is 42.1 Å². The van der Waals surface area contributed by atoms with Gasteiger partial charge in [0.2, 0.25) is 5.91 Å². The van der Waals surface area contributed by atoms with Crippen molar-refractivity contribution in [1.29, 1.82) is 5.26 Å². The van der Waals surface area contributed by atoms with Gasteiger partial charge in [0.1, 0.15) is 5.54 Å².